The van der Waals surface area contributed by atoms with Gasteiger partial charge >= 0.3 is 12.1 Å². The number of hydrazine groups is 1. The molecule has 32 heavy (non-hydrogen) atoms. The number of nitrogens with one attached hydrogen (secondary N) is 1. The normalized spacial score (nSPS) is 12.8. The maximum atomic E-state index is 12.6. The van der Waals surface area contributed by atoms with Crippen LogP contribution >= 0.6 is 12.2 Å². The van der Waals surface area contributed by atoms with E-state index < -0.39 is 11.0 Å². The minimum absolute atomic E-state index is 0.134. The predicted octanol–water partition coefficient (Wildman–Crippen LogP) is 2.00. The molecule has 1 saturated heterocycles. The Morgan fingerprint density at radius 1 is 1.16 bits per heavy atom. The Balaban J connectivity index is 2.00. The molecule has 0 atom stereocenters. The lowest BCUT2D eigenvalue weighted by Gasteiger charge is -2.29. The minimum atomic E-state index is -0.707. The van der Waals surface area contributed by atoms with Crippen LogP contribution in [0.15, 0.2) is 12.1 Å². The second kappa shape index (κ2) is 11.9. The highest BCUT2D eigenvalue weighted by molar-refractivity contribution is 7.80. The smallest absolute Gasteiger partial charge is 0.429 e. The lowest BCUT2D eigenvalue weighted by atomic mass is 10.1. The summed E-state index contributed by atoms with van der Waals surface area (Å²) in [7, 11) is 2.77. The Bertz CT molecular complexity index is 866. The van der Waals surface area contributed by atoms with Crippen molar-refractivity contribution in [2.24, 2.45) is 0 Å². The zero-order valence-corrected chi connectivity index (χ0v) is 18.9. The van der Waals surface area contributed by atoms with Crippen molar-refractivity contribution in [3.8, 4) is 11.5 Å². The van der Waals surface area contributed by atoms with Crippen molar-refractivity contribution in [1.82, 2.24) is 15.3 Å². The lowest BCUT2D eigenvalue weighted by molar-refractivity contribution is -0.385. The van der Waals surface area contributed by atoms with Gasteiger partial charge in [-0.3, -0.25) is 19.9 Å². The number of hydrogen-bond acceptors (Lipinski definition) is 9. The summed E-state index contributed by atoms with van der Waals surface area (Å²) in [6, 6.07) is 2.61. The molecular weight excluding hydrogens is 444 g/mol. The molecule has 0 aliphatic carbocycles. The Morgan fingerprint density at radius 2 is 1.81 bits per heavy atom. The van der Waals surface area contributed by atoms with Crippen LogP contribution in [-0.4, -0.2) is 72.6 Å². The van der Waals surface area contributed by atoms with E-state index in [1.807, 2.05) is 0 Å². The number of nitro benzene ring substituents is 1. The zero-order chi connectivity index (χ0) is 23.7. The molecule has 13 heteroatoms. The van der Waals surface area contributed by atoms with E-state index in [0.29, 0.717) is 26.1 Å². The summed E-state index contributed by atoms with van der Waals surface area (Å²) >= 11 is 5.31. The van der Waals surface area contributed by atoms with Gasteiger partial charge in [-0.15, -0.1) is 0 Å². The number of methoxy groups -OCH3 is 2. The number of carbonyl (C=O) groups excluding carboxylic acids is 2. The number of benzene rings is 1. The summed E-state index contributed by atoms with van der Waals surface area (Å²) in [6.07, 6.45) is 0.0849. The van der Waals surface area contributed by atoms with Crippen LogP contribution in [0, 0.1) is 10.1 Å². The van der Waals surface area contributed by atoms with Crippen molar-refractivity contribution in [2.45, 2.75) is 26.4 Å². The third-order valence-electron chi connectivity index (χ3n) is 4.52. The number of nitro groups is 1. The van der Waals surface area contributed by atoms with Gasteiger partial charge in [-0.2, -0.15) is 0 Å². The molecule has 1 aliphatic rings. The van der Waals surface area contributed by atoms with Crippen LogP contribution in [0.25, 0.3) is 0 Å². The molecule has 1 fully saturated rings. The monoisotopic (exact) mass is 470 g/mol. The fraction of sp³-hybridized carbons (Fsp3) is 0.526. The Labute approximate surface area is 190 Å². The summed E-state index contributed by atoms with van der Waals surface area (Å²) in [5, 5.41) is 17.4. The summed E-state index contributed by atoms with van der Waals surface area (Å²) < 4.78 is 20.4. The Kier molecular flexibility index (Phi) is 9.25. The highest BCUT2D eigenvalue weighted by Gasteiger charge is 2.30. The number of thiocarbonyl (C=S) groups is 1. The average Bonchev–Trinajstić information content (AvgIpc) is 3.27. The van der Waals surface area contributed by atoms with Crippen LogP contribution in [0.5, 0.6) is 11.5 Å². The summed E-state index contributed by atoms with van der Waals surface area (Å²) in [6.45, 7) is 2.79. The Morgan fingerprint density at radius 3 is 2.44 bits per heavy atom. The second-order valence-electron chi connectivity index (χ2n) is 6.53. The molecule has 1 aliphatic heterocycles. The number of rotatable bonds is 9. The highest BCUT2D eigenvalue weighted by Crippen LogP contribution is 2.35. The molecule has 1 aromatic carbocycles. The highest BCUT2D eigenvalue weighted by atomic mass is 32.1. The summed E-state index contributed by atoms with van der Waals surface area (Å²) in [4.78, 5) is 34.9. The van der Waals surface area contributed by atoms with Crippen LogP contribution in [0.1, 0.15) is 25.3 Å². The van der Waals surface area contributed by atoms with Crippen LogP contribution in [-0.2, 0) is 20.9 Å². The SMILES string of the molecule is CCOC(=O)CCNC(=S)N1CCCN1C(=O)OCc1cc(OC)c(OC)cc1[N+](=O)[O-]. The molecule has 1 heterocycles. The zero-order valence-electron chi connectivity index (χ0n) is 18.1. The number of esters is 1. The molecule has 0 saturated carbocycles. The van der Waals surface area contributed by atoms with E-state index in [9.17, 15) is 19.7 Å². The van der Waals surface area contributed by atoms with Gasteiger partial charge in [-0.25, -0.2) is 9.80 Å². The number of amides is 1. The van der Waals surface area contributed by atoms with Crippen LogP contribution < -0.4 is 14.8 Å². The molecule has 1 aromatic rings. The molecule has 0 spiro atoms. The first kappa shape index (κ1) is 24.9. The molecule has 0 unspecified atom stereocenters. The summed E-state index contributed by atoms with van der Waals surface area (Å²) in [5.74, 6) is 0.121. The molecular formula is C19H26N4O8S. The van der Waals surface area contributed by atoms with E-state index in [4.69, 9.17) is 31.2 Å². The predicted molar refractivity (Wildman–Crippen MR) is 116 cm³/mol. The van der Waals surface area contributed by atoms with Crippen molar-refractivity contribution in [3.05, 3.63) is 27.8 Å². The third-order valence-corrected chi connectivity index (χ3v) is 4.87. The van der Waals surface area contributed by atoms with Crippen molar-refractivity contribution >= 4 is 35.1 Å². The molecule has 12 nitrogen and oxygen atoms in total. The first-order valence-electron chi connectivity index (χ1n) is 9.86. The number of carbonyl (C=O) groups is 2. The van der Waals surface area contributed by atoms with Crippen LogP contribution in [0.2, 0.25) is 0 Å². The molecule has 0 aromatic heterocycles. The van der Waals surface area contributed by atoms with Crippen molar-refractivity contribution in [3.63, 3.8) is 0 Å². The average molecular weight is 471 g/mol. The molecule has 176 valence electrons. The van der Waals surface area contributed by atoms with Gasteiger partial charge in [-0.1, -0.05) is 0 Å². The van der Waals surface area contributed by atoms with Crippen molar-refractivity contribution in [1.29, 1.82) is 0 Å². The van der Waals surface area contributed by atoms with Gasteiger partial charge in [0.05, 0.1) is 43.8 Å². The van der Waals surface area contributed by atoms with Crippen LogP contribution in [0.3, 0.4) is 0 Å². The van der Waals surface area contributed by atoms with E-state index in [2.05, 4.69) is 5.32 Å². The van der Waals surface area contributed by atoms with Crippen LogP contribution in [0.4, 0.5) is 10.5 Å². The van der Waals surface area contributed by atoms with E-state index in [1.165, 1.54) is 36.4 Å². The number of hydrogen-bond donors (Lipinski definition) is 1. The van der Waals surface area contributed by atoms with Gasteiger partial charge in [0.1, 0.15) is 6.61 Å². The Hall–Kier alpha value is -3.35. The maximum Gasteiger partial charge on any atom is 0.429 e. The van der Waals surface area contributed by atoms with Gasteiger partial charge in [0.25, 0.3) is 5.69 Å². The van der Waals surface area contributed by atoms with Crippen molar-refractivity contribution in [2.75, 3.05) is 40.5 Å². The first-order chi connectivity index (χ1) is 15.3. The van der Waals surface area contributed by atoms with Gasteiger partial charge in [-0.05, 0) is 31.6 Å². The standard InChI is InChI=1S/C19H26N4O8S/c1-4-30-17(24)6-7-20-18(32)21-8-5-9-22(21)19(25)31-12-13-10-15(28-2)16(29-3)11-14(13)23(26)27/h10-11H,4-9,12H2,1-3H3,(H,20,32). The number of ether oxygens (including phenoxy) is 4. The molecule has 2 rings (SSSR count). The molecule has 1 N–H and O–H groups in total. The van der Waals surface area contributed by atoms with E-state index in [-0.39, 0.29) is 53.4 Å². The molecule has 0 bridgehead atoms. The number of nitrogens with zero attached hydrogens (tertiary/aromatic N) is 3. The third kappa shape index (κ3) is 6.33. The van der Waals surface area contributed by atoms with Gasteiger partial charge < -0.3 is 24.3 Å². The quantitative estimate of drug-likeness (QED) is 0.246. The topological polar surface area (TPSA) is 133 Å². The molecule has 1 amide bonds. The lowest BCUT2D eigenvalue weighted by Crippen LogP contribution is -2.49. The van der Waals surface area contributed by atoms with Gasteiger partial charge in [0.2, 0.25) is 0 Å². The van der Waals surface area contributed by atoms with Gasteiger partial charge in [0.15, 0.2) is 16.6 Å². The maximum absolute atomic E-state index is 12.6. The van der Waals surface area contributed by atoms with Gasteiger partial charge in [0, 0.05) is 19.6 Å². The molecule has 0 radical (unpaired) electrons. The fourth-order valence-corrected chi connectivity index (χ4v) is 3.31. The minimum Gasteiger partial charge on any atom is -0.493 e. The van der Waals surface area contributed by atoms with Crippen molar-refractivity contribution < 1.29 is 33.5 Å². The second-order valence-corrected chi connectivity index (χ2v) is 6.92. The van der Waals surface area contributed by atoms with E-state index in [0.717, 1.165) is 0 Å². The fourth-order valence-electron chi connectivity index (χ4n) is 3.02. The largest absolute Gasteiger partial charge is 0.493 e. The van der Waals surface area contributed by atoms with E-state index in [1.54, 1.807) is 6.92 Å². The van der Waals surface area contributed by atoms with E-state index >= 15 is 0 Å². The summed E-state index contributed by atoms with van der Waals surface area (Å²) in [5.41, 5.74) is -0.105. The first-order valence-corrected chi connectivity index (χ1v) is 10.3.